The van der Waals surface area contributed by atoms with Crippen LogP contribution in [-0.2, 0) is 0 Å². The Morgan fingerprint density at radius 1 is 1.25 bits per heavy atom. The van der Waals surface area contributed by atoms with Crippen molar-refractivity contribution in [1.82, 2.24) is 10.2 Å². The average molecular weight is 226 g/mol. The number of hydrogen-bond donors (Lipinski definition) is 2. The minimum Gasteiger partial charge on any atom is -0.465 e. The third kappa shape index (κ3) is 2.32. The van der Waals surface area contributed by atoms with Crippen LogP contribution in [0.2, 0.25) is 0 Å². The maximum absolute atomic E-state index is 11.1. The Morgan fingerprint density at radius 3 is 2.12 bits per heavy atom. The molecule has 2 heterocycles. The van der Waals surface area contributed by atoms with E-state index in [0.717, 1.165) is 25.7 Å². The molecule has 2 fully saturated rings. The highest BCUT2D eigenvalue weighted by Gasteiger charge is 2.43. The highest BCUT2D eigenvalue weighted by molar-refractivity contribution is 5.66. The predicted octanol–water partition coefficient (Wildman–Crippen LogP) is 2.05. The Morgan fingerprint density at radius 2 is 1.75 bits per heavy atom. The minimum atomic E-state index is -0.735. The second kappa shape index (κ2) is 3.91. The molecule has 2 saturated heterocycles. The van der Waals surface area contributed by atoms with Gasteiger partial charge in [-0.15, -0.1) is 0 Å². The van der Waals surface area contributed by atoms with Crippen LogP contribution in [0, 0.1) is 0 Å². The quantitative estimate of drug-likeness (QED) is 0.719. The van der Waals surface area contributed by atoms with Crippen molar-refractivity contribution in [2.24, 2.45) is 0 Å². The Kier molecular flexibility index (Phi) is 2.86. The molecule has 1 unspecified atom stereocenters. The summed E-state index contributed by atoms with van der Waals surface area (Å²) in [6.45, 7) is 6.50. The van der Waals surface area contributed by atoms with Crippen LogP contribution in [-0.4, -0.2) is 39.8 Å². The van der Waals surface area contributed by atoms with E-state index in [4.69, 9.17) is 5.11 Å². The first kappa shape index (κ1) is 11.7. The number of hydrogen-bond acceptors (Lipinski definition) is 2. The smallest absolute Gasteiger partial charge is 0.407 e. The lowest BCUT2D eigenvalue weighted by atomic mass is 9.95. The molecule has 0 aromatic rings. The minimum absolute atomic E-state index is 0.121. The highest BCUT2D eigenvalue weighted by atomic mass is 16.4. The molecular weight excluding hydrogens is 204 g/mol. The van der Waals surface area contributed by atoms with Crippen LogP contribution in [0.25, 0.3) is 0 Å². The summed E-state index contributed by atoms with van der Waals surface area (Å²) in [4.78, 5) is 12.8. The summed E-state index contributed by atoms with van der Waals surface area (Å²) in [6.07, 6.45) is 3.29. The zero-order valence-electron chi connectivity index (χ0n) is 10.4. The molecule has 2 N–H and O–H groups in total. The summed E-state index contributed by atoms with van der Waals surface area (Å²) >= 11 is 0. The number of fused-ring (bicyclic) bond motifs is 2. The SMILES string of the molecule is CC(C)(C)NC1C[C@H]2CC[C@@H](C1)N2C(=O)O. The summed E-state index contributed by atoms with van der Waals surface area (Å²) in [5, 5.41) is 12.7. The molecule has 1 amide bonds. The molecule has 2 aliphatic heterocycles. The van der Waals surface area contributed by atoms with Gasteiger partial charge in [0.05, 0.1) is 0 Å². The van der Waals surface area contributed by atoms with Gasteiger partial charge in [0, 0.05) is 23.7 Å². The summed E-state index contributed by atoms with van der Waals surface area (Å²) in [5.41, 5.74) is 0.121. The maximum Gasteiger partial charge on any atom is 0.407 e. The molecule has 92 valence electrons. The van der Waals surface area contributed by atoms with Crippen LogP contribution < -0.4 is 5.32 Å². The van der Waals surface area contributed by atoms with Crippen LogP contribution in [0.5, 0.6) is 0 Å². The fourth-order valence-electron chi connectivity index (χ4n) is 3.22. The van der Waals surface area contributed by atoms with Gasteiger partial charge in [0.15, 0.2) is 0 Å². The highest BCUT2D eigenvalue weighted by Crippen LogP contribution is 2.36. The van der Waals surface area contributed by atoms with Crippen molar-refractivity contribution in [1.29, 1.82) is 0 Å². The van der Waals surface area contributed by atoms with Crippen molar-refractivity contribution in [3.63, 3.8) is 0 Å². The third-order valence-electron chi connectivity index (χ3n) is 3.59. The van der Waals surface area contributed by atoms with Crippen LogP contribution >= 0.6 is 0 Å². The van der Waals surface area contributed by atoms with Gasteiger partial charge in [0.25, 0.3) is 0 Å². The van der Waals surface area contributed by atoms with E-state index in [1.807, 2.05) is 0 Å². The molecule has 4 heteroatoms. The average Bonchev–Trinajstić information content (AvgIpc) is 2.36. The van der Waals surface area contributed by atoms with Crippen molar-refractivity contribution in [3.05, 3.63) is 0 Å². The van der Waals surface area contributed by atoms with Gasteiger partial charge in [0.1, 0.15) is 0 Å². The summed E-state index contributed by atoms with van der Waals surface area (Å²) in [5.74, 6) is 0. The number of amides is 1. The molecule has 2 rings (SSSR count). The summed E-state index contributed by atoms with van der Waals surface area (Å²) in [7, 11) is 0. The predicted molar refractivity (Wildman–Crippen MR) is 62.6 cm³/mol. The van der Waals surface area contributed by atoms with Gasteiger partial charge < -0.3 is 15.3 Å². The first-order chi connectivity index (χ1) is 7.37. The van der Waals surface area contributed by atoms with E-state index in [2.05, 4.69) is 26.1 Å². The molecule has 0 spiro atoms. The lowest BCUT2D eigenvalue weighted by molar-refractivity contribution is 0.0878. The molecule has 0 saturated carbocycles. The normalized spacial score (nSPS) is 34.2. The fraction of sp³-hybridized carbons (Fsp3) is 0.917. The molecule has 0 aromatic heterocycles. The number of nitrogens with one attached hydrogen (secondary N) is 1. The number of carbonyl (C=O) groups is 1. The monoisotopic (exact) mass is 226 g/mol. The topological polar surface area (TPSA) is 52.6 Å². The number of rotatable bonds is 1. The largest absolute Gasteiger partial charge is 0.465 e. The Hall–Kier alpha value is -0.770. The van der Waals surface area contributed by atoms with Gasteiger partial charge in [-0.3, -0.25) is 0 Å². The summed E-state index contributed by atoms with van der Waals surface area (Å²) in [6, 6.07) is 0.972. The van der Waals surface area contributed by atoms with Crippen molar-refractivity contribution < 1.29 is 9.90 Å². The third-order valence-corrected chi connectivity index (χ3v) is 3.59. The Labute approximate surface area is 97.0 Å². The van der Waals surface area contributed by atoms with Gasteiger partial charge in [-0.1, -0.05) is 0 Å². The molecule has 0 aromatic carbocycles. The van der Waals surface area contributed by atoms with E-state index < -0.39 is 6.09 Å². The van der Waals surface area contributed by atoms with Crippen LogP contribution in [0.15, 0.2) is 0 Å². The number of nitrogens with zero attached hydrogens (tertiary/aromatic N) is 1. The van der Waals surface area contributed by atoms with Crippen LogP contribution in [0.3, 0.4) is 0 Å². The molecule has 0 aliphatic carbocycles. The fourth-order valence-corrected chi connectivity index (χ4v) is 3.22. The first-order valence-electron chi connectivity index (χ1n) is 6.16. The van der Waals surface area contributed by atoms with Gasteiger partial charge in [-0.05, 0) is 46.5 Å². The van der Waals surface area contributed by atoms with Gasteiger partial charge in [0.2, 0.25) is 0 Å². The van der Waals surface area contributed by atoms with E-state index in [0.29, 0.717) is 6.04 Å². The first-order valence-corrected chi connectivity index (χ1v) is 6.16. The van der Waals surface area contributed by atoms with Gasteiger partial charge in [-0.25, -0.2) is 4.79 Å². The van der Waals surface area contributed by atoms with Crippen molar-refractivity contribution >= 4 is 6.09 Å². The van der Waals surface area contributed by atoms with Gasteiger partial charge in [-0.2, -0.15) is 0 Å². The van der Waals surface area contributed by atoms with E-state index >= 15 is 0 Å². The molecular formula is C12H22N2O2. The second-order valence-corrected chi connectivity index (χ2v) is 6.14. The zero-order chi connectivity index (χ0) is 11.9. The maximum atomic E-state index is 11.1. The van der Waals surface area contributed by atoms with E-state index in [-0.39, 0.29) is 17.6 Å². The molecule has 0 radical (unpaired) electrons. The molecule has 2 aliphatic rings. The zero-order valence-corrected chi connectivity index (χ0v) is 10.4. The number of piperidine rings is 1. The lowest BCUT2D eigenvalue weighted by Gasteiger charge is -2.40. The van der Waals surface area contributed by atoms with Gasteiger partial charge >= 0.3 is 6.09 Å². The summed E-state index contributed by atoms with van der Waals surface area (Å²) < 4.78 is 0. The molecule has 3 atom stereocenters. The number of carboxylic acid groups (broad SMARTS) is 1. The second-order valence-electron chi connectivity index (χ2n) is 6.14. The van der Waals surface area contributed by atoms with Crippen molar-refractivity contribution in [2.75, 3.05) is 0 Å². The van der Waals surface area contributed by atoms with E-state index in [1.54, 1.807) is 4.90 Å². The molecule has 16 heavy (non-hydrogen) atoms. The van der Waals surface area contributed by atoms with Crippen LogP contribution in [0.4, 0.5) is 4.79 Å². The van der Waals surface area contributed by atoms with Crippen molar-refractivity contribution in [2.45, 2.75) is 70.1 Å². The van der Waals surface area contributed by atoms with Crippen molar-refractivity contribution in [3.8, 4) is 0 Å². The van der Waals surface area contributed by atoms with E-state index in [9.17, 15) is 4.79 Å². The Balaban J connectivity index is 2.00. The lowest BCUT2D eigenvalue weighted by Crippen LogP contribution is -2.54. The van der Waals surface area contributed by atoms with E-state index in [1.165, 1.54) is 0 Å². The Bertz CT molecular complexity index is 271. The standard InChI is InChI=1S/C12H22N2O2/c1-12(2,3)13-8-6-9-4-5-10(7-8)14(9)11(15)16/h8-10,13H,4-7H2,1-3H3,(H,15,16)/t8?,9-,10+. The molecule has 2 bridgehead atoms. The molecule has 4 nitrogen and oxygen atoms in total. The van der Waals surface area contributed by atoms with Crippen LogP contribution in [0.1, 0.15) is 46.5 Å².